The molecule has 0 atom stereocenters. The van der Waals surface area contributed by atoms with Crippen molar-refractivity contribution in [3.8, 4) is 5.88 Å². The minimum atomic E-state index is -0.833. The molecule has 2 aromatic heterocycles. The van der Waals surface area contributed by atoms with Crippen molar-refractivity contribution in [3.05, 3.63) is 84.4 Å². The smallest absolute Gasteiger partial charge is 0.331 e. The van der Waals surface area contributed by atoms with Gasteiger partial charge in [-0.25, -0.2) is 4.79 Å². The third kappa shape index (κ3) is 3.54. The van der Waals surface area contributed by atoms with Crippen molar-refractivity contribution >= 4 is 17.6 Å². The third-order valence-electron chi connectivity index (χ3n) is 3.91. The summed E-state index contributed by atoms with van der Waals surface area (Å²) in [6.45, 7) is 1.43. The van der Waals surface area contributed by atoms with Crippen LogP contribution in [-0.4, -0.2) is 25.8 Å². The van der Waals surface area contributed by atoms with E-state index in [1.165, 1.54) is 31.4 Å². The van der Waals surface area contributed by atoms with Crippen molar-refractivity contribution in [1.82, 2.24) is 9.55 Å². The molecular weight excluding hydrogens is 356 g/mol. The largest absolute Gasteiger partial charge is 0.494 e. The lowest BCUT2D eigenvalue weighted by Crippen LogP contribution is -2.32. The molecule has 10 heteroatoms. The maximum absolute atomic E-state index is 12.0. The maximum atomic E-state index is 12.0. The van der Waals surface area contributed by atoms with Crippen LogP contribution >= 0.6 is 0 Å². The highest BCUT2D eigenvalue weighted by Gasteiger charge is 2.15. The molecule has 0 fully saturated rings. The van der Waals surface area contributed by atoms with Crippen LogP contribution in [0.15, 0.2) is 55.6 Å². The molecule has 0 aliphatic carbocycles. The van der Waals surface area contributed by atoms with Gasteiger partial charge in [-0.1, -0.05) is 6.07 Å². The van der Waals surface area contributed by atoms with Crippen LogP contribution < -0.4 is 11.2 Å². The minimum Gasteiger partial charge on any atom is -0.494 e. The topological polar surface area (TPSA) is 144 Å². The van der Waals surface area contributed by atoms with Crippen molar-refractivity contribution in [1.29, 1.82) is 0 Å². The second-order valence-corrected chi connectivity index (χ2v) is 5.60. The van der Waals surface area contributed by atoms with E-state index in [1.54, 1.807) is 12.1 Å². The molecule has 0 amide bonds. The first-order valence-corrected chi connectivity index (χ1v) is 7.75. The fourth-order valence-electron chi connectivity index (χ4n) is 2.48. The Balaban J connectivity index is 2.04. The van der Waals surface area contributed by atoms with Crippen LogP contribution in [0.25, 0.3) is 0 Å². The summed E-state index contributed by atoms with van der Waals surface area (Å²) < 4.78 is 6.06. The second-order valence-electron chi connectivity index (χ2n) is 5.60. The van der Waals surface area contributed by atoms with Gasteiger partial charge in [0.2, 0.25) is 5.88 Å². The molecule has 0 bridgehead atoms. The monoisotopic (exact) mass is 370 g/mol. The van der Waals surface area contributed by atoms with E-state index >= 15 is 0 Å². The summed E-state index contributed by atoms with van der Waals surface area (Å²) in [6.07, 6.45) is 2.47. The van der Waals surface area contributed by atoms with Gasteiger partial charge in [-0.3, -0.25) is 29.5 Å². The van der Waals surface area contributed by atoms with Gasteiger partial charge >= 0.3 is 5.69 Å². The Labute approximate surface area is 151 Å². The summed E-state index contributed by atoms with van der Waals surface area (Å²) in [5, 5.41) is 21.3. The van der Waals surface area contributed by atoms with Gasteiger partial charge in [0.05, 0.1) is 29.0 Å². The summed E-state index contributed by atoms with van der Waals surface area (Å²) in [6, 6.07) is 7.55. The molecule has 3 rings (SSSR count). The van der Waals surface area contributed by atoms with E-state index in [2.05, 4.69) is 9.98 Å². The van der Waals surface area contributed by atoms with Gasteiger partial charge in [0.25, 0.3) is 11.2 Å². The molecule has 0 spiro atoms. The molecule has 138 valence electrons. The summed E-state index contributed by atoms with van der Waals surface area (Å²) >= 11 is 0. The molecule has 2 N–H and O–H groups in total. The number of hydrogen-bond donors (Lipinski definition) is 2. The molecule has 0 unspecified atom stereocenters. The molecule has 0 radical (unpaired) electrons. The number of hydrogen-bond acceptors (Lipinski definition) is 7. The third-order valence-corrected chi connectivity index (χ3v) is 3.91. The predicted molar refractivity (Wildman–Crippen MR) is 95.9 cm³/mol. The first-order chi connectivity index (χ1) is 12.9. The van der Waals surface area contributed by atoms with E-state index in [0.717, 1.165) is 10.8 Å². The fraction of sp³-hybridized carbons (Fsp3) is 0.118. The number of rotatable bonds is 5. The number of nitrogens with one attached hydrogen (secondary N) is 1. The van der Waals surface area contributed by atoms with Crippen LogP contribution in [0.2, 0.25) is 0 Å². The van der Waals surface area contributed by atoms with E-state index in [-0.39, 0.29) is 23.5 Å². The Morgan fingerprint density at radius 2 is 2.11 bits per heavy atom. The van der Waals surface area contributed by atoms with E-state index in [0.29, 0.717) is 11.3 Å². The summed E-state index contributed by atoms with van der Waals surface area (Å²) in [7, 11) is 0. The zero-order chi connectivity index (χ0) is 19.6. The fourth-order valence-corrected chi connectivity index (χ4v) is 2.48. The average Bonchev–Trinajstić information content (AvgIpc) is 3.12. The highest BCUT2D eigenvalue weighted by Crippen LogP contribution is 2.27. The number of nitrogens with zero attached hydrogens (tertiary/aromatic N) is 3. The number of aliphatic imine (C=N–C) groups is 1. The highest BCUT2D eigenvalue weighted by atomic mass is 16.6. The molecule has 2 heterocycles. The molecule has 0 saturated heterocycles. The van der Waals surface area contributed by atoms with Crippen LogP contribution in [0.5, 0.6) is 5.88 Å². The lowest BCUT2D eigenvalue weighted by molar-refractivity contribution is -0.385. The molecule has 0 aliphatic rings. The Bertz CT molecular complexity index is 1140. The van der Waals surface area contributed by atoms with Crippen molar-refractivity contribution in [2.24, 2.45) is 4.99 Å². The minimum absolute atomic E-state index is 0.0921. The zero-order valence-corrected chi connectivity index (χ0v) is 14.1. The Kier molecular flexibility index (Phi) is 4.71. The van der Waals surface area contributed by atoms with Crippen LogP contribution in [0.4, 0.5) is 11.4 Å². The van der Waals surface area contributed by atoms with Crippen LogP contribution in [0, 0.1) is 17.0 Å². The first-order valence-electron chi connectivity index (χ1n) is 7.75. The quantitative estimate of drug-likeness (QED) is 0.398. The number of nitro groups is 1. The van der Waals surface area contributed by atoms with Crippen LogP contribution in [-0.2, 0) is 6.54 Å². The Morgan fingerprint density at radius 1 is 1.33 bits per heavy atom. The molecule has 10 nitrogen and oxygen atoms in total. The van der Waals surface area contributed by atoms with Gasteiger partial charge < -0.3 is 9.52 Å². The summed E-state index contributed by atoms with van der Waals surface area (Å²) in [5.41, 5.74) is -1.46. The molecular formula is C17H14N4O6. The van der Waals surface area contributed by atoms with E-state index in [1.807, 2.05) is 0 Å². The van der Waals surface area contributed by atoms with Crippen molar-refractivity contribution in [2.45, 2.75) is 13.5 Å². The van der Waals surface area contributed by atoms with Crippen molar-refractivity contribution < 1.29 is 14.4 Å². The van der Waals surface area contributed by atoms with E-state index in [4.69, 9.17) is 4.42 Å². The lowest BCUT2D eigenvalue weighted by Gasteiger charge is -2.08. The van der Waals surface area contributed by atoms with Crippen molar-refractivity contribution in [3.63, 3.8) is 0 Å². The zero-order valence-electron chi connectivity index (χ0n) is 14.1. The number of aromatic hydroxyl groups is 1. The SMILES string of the molecule is Cc1c(N=Cc2c(O)n(Cc3ccco3)c(=O)[nH]c2=O)cccc1[N+](=O)[O-]. The van der Waals surface area contributed by atoms with Crippen molar-refractivity contribution in [2.75, 3.05) is 0 Å². The number of benzene rings is 1. The lowest BCUT2D eigenvalue weighted by atomic mass is 10.1. The van der Waals surface area contributed by atoms with E-state index < -0.39 is 22.1 Å². The van der Waals surface area contributed by atoms with Crippen LogP contribution in [0.3, 0.4) is 0 Å². The van der Waals surface area contributed by atoms with Gasteiger partial charge in [0.15, 0.2) is 0 Å². The summed E-state index contributed by atoms with van der Waals surface area (Å²) in [5.74, 6) is -0.191. The van der Waals surface area contributed by atoms with Gasteiger partial charge in [-0.05, 0) is 25.1 Å². The maximum Gasteiger partial charge on any atom is 0.331 e. The molecule has 3 aromatic rings. The number of aromatic nitrogens is 2. The Morgan fingerprint density at radius 3 is 2.78 bits per heavy atom. The van der Waals surface area contributed by atoms with Gasteiger partial charge in [-0.15, -0.1) is 0 Å². The second kappa shape index (κ2) is 7.12. The molecule has 27 heavy (non-hydrogen) atoms. The average molecular weight is 370 g/mol. The van der Waals surface area contributed by atoms with Gasteiger partial charge in [0.1, 0.15) is 11.3 Å². The standard InChI is InChI=1S/C17H14N4O6/c1-10-13(5-2-6-14(10)21(25)26)18-8-12-15(22)19-17(24)20(16(12)23)9-11-4-3-7-27-11/h2-8,23H,9H2,1H3,(H,19,22,24). The number of aromatic amines is 1. The van der Waals surface area contributed by atoms with Gasteiger partial charge in [-0.2, -0.15) is 0 Å². The highest BCUT2D eigenvalue weighted by molar-refractivity contribution is 5.84. The van der Waals surface area contributed by atoms with E-state index in [9.17, 15) is 24.8 Å². The number of H-pyrrole nitrogens is 1. The molecule has 0 saturated carbocycles. The predicted octanol–water partition coefficient (Wildman–Crippen LogP) is 1.85. The normalized spacial score (nSPS) is 11.1. The van der Waals surface area contributed by atoms with Crippen LogP contribution in [0.1, 0.15) is 16.9 Å². The Hall–Kier alpha value is -3.95. The first kappa shape index (κ1) is 17.9. The number of nitro benzene ring substituents is 1. The summed E-state index contributed by atoms with van der Waals surface area (Å²) in [4.78, 5) is 40.6. The van der Waals surface area contributed by atoms with Gasteiger partial charge in [0, 0.05) is 12.3 Å². The molecule has 0 aliphatic heterocycles. The number of furan rings is 1. The molecule has 1 aromatic carbocycles.